The summed E-state index contributed by atoms with van der Waals surface area (Å²) in [5.74, 6) is 1.01. The van der Waals surface area contributed by atoms with Gasteiger partial charge in [-0.05, 0) is 50.4 Å². The molecule has 3 nitrogen and oxygen atoms in total. The predicted molar refractivity (Wildman–Crippen MR) is 81.0 cm³/mol. The largest absolute Gasteiger partial charge is 0.495 e. The molecule has 0 bridgehead atoms. The molecule has 0 aromatic heterocycles. The van der Waals surface area contributed by atoms with E-state index < -0.39 is 0 Å². The molecule has 1 saturated heterocycles. The van der Waals surface area contributed by atoms with Crippen LogP contribution in [0.15, 0.2) is 18.2 Å². The van der Waals surface area contributed by atoms with Crippen molar-refractivity contribution >= 4 is 5.69 Å². The molecule has 1 unspecified atom stereocenters. The van der Waals surface area contributed by atoms with Crippen LogP contribution in [0.1, 0.15) is 38.2 Å². The Bertz CT molecular complexity index is 406. The van der Waals surface area contributed by atoms with Gasteiger partial charge in [0.05, 0.1) is 12.8 Å². The van der Waals surface area contributed by atoms with Gasteiger partial charge >= 0.3 is 0 Å². The quantitative estimate of drug-likeness (QED) is 0.882. The lowest BCUT2D eigenvalue weighted by molar-refractivity contribution is 0.402. The second-order valence-corrected chi connectivity index (χ2v) is 5.29. The van der Waals surface area contributed by atoms with Gasteiger partial charge in [0.2, 0.25) is 0 Å². The molecule has 0 saturated carbocycles. The first-order valence-electron chi connectivity index (χ1n) is 7.38. The second kappa shape index (κ2) is 6.80. The average Bonchev–Trinajstić information content (AvgIpc) is 2.47. The van der Waals surface area contributed by atoms with E-state index in [2.05, 4.69) is 35.3 Å². The van der Waals surface area contributed by atoms with Gasteiger partial charge in [0.15, 0.2) is 0 Å². The smallest absolute Gasteiger partial charge is 0.142 e. The van der Waals surface area contributed by atoms with Crippen molar-refractivity contribution < 1.29 is 4.74 Å². The normalized spacial score (nSPS) is 19.5. The molecule has 0 amide bonds. The van der Waals surface area contributed by atoms with E-state index >= 15 is 0 Å². The monoisotopic (exact) mass is 262 g/mol. The van der Waals surface area contributed by atoms with E-state index in [9.17, 15) is 0 Å². The zero-order valence-corrected chi connectivity index (χ0v) is 12.4. The van der Waals surface area contributed by atoms with Crippen molar-refractivity contribution in [3.63, 3.8) is 0 Å². The molecule has 1 aliphatic heterocycles. The zero-order chi connectivity index (χ0) is 13.7. The number of hydrogen-bond acceptors (Lipinski definition) is 3. The molecule has 3 heteroatoms. The molecule has 1 N–H and O–H groups in total. The number of anilines is 1. The van der Waals surface area contributed by atoms with Gasteiger partial charge in [0.25, 0.3) is 0 Å². The fourth-order valence-electron chi connectivity index (χ4n) is 3.02. The Kier molecular flexibility index (Phi) is 5.08. The van der Waals surface area contributed by atoms with Crippen LogP contribution in [0.25, 0.3) is 0 Å². The minimum absolute atomic E-state index is 0.665. The minimum Gasteiger partial charge on any atom is -0.495 e. The number of hydrogen-bond donors (Lipinski definition) is 1. The third-order valence-corrected chi connectivity index (χ3v) is 4.03. The minimum atomic E-state index is 0.665. The molecule has 0 radical (unpaired) electrons. The summed E-state index contributed by atoms with van der Waals surface area (Å²) in [7, 11) is 3.74. The SMILES string of the molecule is CCC1CCCCN1c1ccc(CNC)cc1OC. The zero-order valence-electron chi connectivity index (χ0n) is 12.4. The van der Waals surface area contributed by atoms with Crippen LogP contribution in [0.4, 0.5) is 5.69 Å². The van der Waals surface area contributed by atoms with Crippen LogP contribution in [0.3, 0.4) is 0 Å². The first-order valence-corrected chi connectivity index (χ1v) is 7.38. The molecule has 0 spiro atoms. The van der Waals surface area contributed by atoms with E-state index in [4.69, 9.17) is 4.74 Å². The molecular weight excluding hydrogens is 236 g/mol. The highest BCUT2D eigenvalue weighted by Gasteiger charge is 2.23. The number of rotatable bonds is 5. The molecule has 0 aliphatic carbocycles. The maximum absolute atomic E-state index is 5.61. The number of ether oxygens (including phenoxy) is 1. The second-order valence-electron chi connectivity index (χ2n) is 5.29. The van der Waals surface area contributed by atoms with E-state index in [0.29, 0.717) is 6.04 Å². The fraction of sp³-hybridized carbons (Fsp3) is 0.625. The molecule has 1 aliphatic rings. The molecule has 1 fully saturated rings. The summed E-state index contributed by atoms with van der Waals surface area (Å²) < 4.78 is 5.61. The summed E-state index contributed by atoms with van der Waals surface area (Å²) in [6, 6.07) is 7.25. The van der Waals surface area contributed by atoms with Crippen LogP contribution in [-0.4, -0.2) is 26.7 Å². The van der Waals surface area contributed by atoms with Gasteiger partial charge in [0, 0.05) is 19.1 Å². The summed E-state index contributed by atoms with van der Waals surface area (Å²) in [4.78, 5) is 2.53. The molecule has 19 heavy (non-hydrogen) atoms. The number of piperidine rings is 1. The van der Waals surface area contributed by atoms with Crippen LogP contribution < -0.4 is 15.0 Å². The molecule has 1 aromatic carbocycles. The highest BCUT2D eigenvalue weighted by atomic mass is 16.5. The van der Waals surface area contributed by atoms with Crippen molar-refractivity contribution in [2.24, 2.45) is 0 Å². The summed E-state index contributed by atoms with van der Waals surface area (Å²) in [6.07, 6.45) is 5.16. The van der Waals surface area contributed by atoms with Gasteiger partial charge in [-0.25, -0.2) is 0 Å². The Hall–Kier alpha value is -1.22. The van der Waals surface area contributed by atoms with Crippen molar-refractivity contribution in [2.45, 2.75) is 45.2 Å². The third-order valence-electron chi connectivity index (χ3n) is 4.03. The molecule has 106 valence electrons. The van der Waals surface area contributed by atoms with Gasteiger partial charge in [0.1, 0.15) is 5.75 Å². The molecule has 2 rings (SSSR count). The molecule has 1 aromatic rings. The summed E-state index contributed by atoms with van der Waals surface area (Å²) >= 11 is 0. The van der Waals surface area contributed by atoms with Crippen LogP contribution >= 0.6 is 0 Å². The van der Waals surface area contributed by atoms with Crippen LogP contribution in [0.2, 0.25) is 0 Å². The molecule has 1 atom stereocenters. The average molecular weight is 262 g/mol. The van der Waals surface area contributed by atoms with Gasteiger partial charge < -0.3 is 15.0 Å². The van der Waals surface area contributed by atoms with Gasteiger partial charge in [-0.3, -0.25) is 0 Å². The maximum atomic E-state index is 5.61. The summed E-state index contributed by atoms with van der Waals surface area (Å²) in [6.45, 7) is 4.32. The van der Waals surface area contributed by atoms with E-state index in [0.717, 1.165) is 18.8 Å². The molecular formula is C16H26N2O. The van der Waals surface area contributed by atoms with E-state index in [1.54, 1.807) is 7.11 Å². The maximum Gasteiger partial charge on any atom is 0.142 e. The first-order chi connectivity index (χ1) is 9.30. The Morgan fingerprint density at radius 3 is 2.89 bits per heavy atom. The lowest BCUT2D eigenvalue weighted by atomic mass is 9.98. The molecule has 1 heterocycles. The van der Waals surface area contributed by atoms with Crippen molar-refractivity contribution in [1.82, 2.24) is 5.32 Å². The van der Waals surface area contributed by atoms with Gasteiger partial charge in [-0.2, -0.15) is 0 Å². The lowest BCUT2D eigenvalue weighted by Crippen LogP contribution is -2.39. The Balaban J connectivity index is 2.26. The van der Waals surface area contributed by atoms with Gasteiger partial charge in [-0.1, -0.05) is 13.0 Å². The van der Waals surface area contributed by atoms with Crippen molar-refractivity contribution in [2.75, 3.05) is 25.6 Å². The van der Waals surface area contributed by atoms with Crippen LogP contribution in [0.5, 0.6) is 5.75 Å². The summed E-state index contributed by atoms with van der Waals surface area (Å²) in [5.41, 5.74) is 2.53. The van der Waals surface area contributed by atoms with Crippen molar-refractivity contribution in [1.29, 1.82) is 0 Å². The standard InChI is InChI=1S/C16H26N2O/c1-4-14-7-5-6-10-18(14)15-9-8-13(12-17-2)11-16(15)19-3/h8-9,11,14,17H,4-7,10,12H2,1-3H3. The van der Waals surface area contributed by atoms with Crippen LogP contribution in [0, 0.1) is 0 Å². The first kappa shape index (κ1) is 14.2. The summed E-state index contributed by atoms with van der Waals surface area (Å²) in [5, 5.41) is 3.19. The van der Waals surface area contributed by atoms with Crippen LogP contribution in [-0.2, 0) is 6.54 Å². The lowest BCUT2D eigenvalue weighted by Gasteiger charge is -2.38. The highest BCUT2D eigenvalue weighted by molar-refractivity contribution is 5.60. The van der Waals surface area contributed by atoms with Gasteiger partial charge in [-0.15, -0.1) is 0 Å². The Morgan fingerprint density at radius 1 is 1.37 bits per heavy atom. The van der Waals surface area contributed by atoms with E-state index in [1.807, 2.05) is 7.05 Å². The topological polar surface area (TPSA) is 24.5 Å². The highest BCUT2D eigenvalue weighted by Crippen LogP contribution is 2.34. The van der Waals surface area contributed by atoms with Crippen molar-refractivity contribution in [3.8, 4) is 5.75 Å². The fourth-order valence-corrected chi connectivity index (χ4v) is 3.02. The third kappa shape index (κ3) is 3.21. The number of methoxy groups -OCH3 is 1. The Morgan fingerprint density at radius 2 is 2.21 bits per heavy atom. The van der Waals surface area contributed by atoms with Crippen molar-refractivity contribution in [3.05, 3.63) is 23.8 Å². The predicted octanol–water partition coefficient (Wildman–Crippen LogP) is 3.18. The number of nitrogens with zero attached hydrogens (tertiary/aromatic N) is 1. The number of benzene rings is 1. The van der Waals surface area contributed by atoms with E-state index in [1.165, 1.54) is 36.9 Å². The number of nitrogens with one attached hydrogen (secondary N) is 1. The van der Waals surface area contributed by atoms with E-state index in [-0.39, 0.29) is 0 Å². The Labute approximate surface area is 116 Å².